The Morgan fingerprint density at radius 1 is 1.21 bits per heavy atom. The maximum absolute atomic E-state index is 12.9. The minimum atomic E-state index is -0.233. The van der Waals surface area contributed by atoms with Gasteiger partial charge in [-0.15, -0.1) is 11.8 Å². The molecule has 1 N–H and O–H groups in total. The molecule has 0 aliphatic carbocycles. The Morgan fingerprint density at radius 3 is 2.68 bits per heavy atom. The molecule has 2 heterocycles. The lowest BCUT2D eigenvalue weighted by Gasteiger charge is -2.12. The predicted octanol–water partition coefficient (Wildman–Crippen LogP) is 4.44. The molecule has 0 radical (unpaired) electrons. The van der Waals surface area contributed by atoms with E-state index >= 15 is 0 Å². The zero-order valence-electron chi connectivity index (χ0n) is 15.9. The molecule has 0 unspecified atom stereocenters. The molecule has 0 saturated heterocycles. The normalized spacial score (nSPS) is 11.0. The predicted molar refractivity (Wildman–Crippen MR) is 110 cm³/mol. The van der Waals surface area contributed by atoms with E-state index in [4.69, 9.17) is 0 Å². The Hall–Kier alpha value is -2.67. The summed E-state index contributed by atoms with van der Waals surface area (Å²) in [6.07, 6.45) is 4.13. The zero-order valence-corrected chi connectivity index (χ0v) is 16.7. The lowest BCUT2D eigenvalue weighted by Crippen LogP contribution is -2.26. The monoisotopic (exact) mass is 398 g/mol. The maximum Gasteiger partial charge on any atom is 0.254 e. The van der Waals surface area contributed by atoms with Crippen molar-refractivity contribution in [1.82, 2.24) is 20.1 Å². The van der Waals surface area contributed by atoms with E-state index in [2.05, 4.69) is 15.4 Å². The smallest absolute Gasteiger partial charge is 0.254 e. The van der Waals surface area contributed by atoms with E-state index in [1.165, 1.54) is 12.1 Å². The molecule has 0 bridgehead atoms. The molecule has 1 aromatic carbocycles. The second-order valence-electron chi connectivity index (χ2n) is 6.61. The van der Waals surface area contributed by atoms with Gasteiger partial charge in [0.05, 0.1) is 17.5 Å². The van der Waals surface area contributed by atoms with Crippen LogP contribution in [0.3, 0.4) is 0 Å². The quantitative estimate of drug-likeness (QED) is 0.450. The molecule has 0 atom stereocenters. The van der Waals surface area contributed by atoms with Crippen LogP contribution in [0.2, 0.25) is 0 Å². The van der Waals surface area contributed by atoms with Gasteiger partial charge in [0.15, 0.2) is 5.82 Å². The SMILES string of the molecule is CC(C)c1c(C(=O)NCCCSc2ccc(F)cc2)cnn1-c1ccccn1. The minimum absolute atomic E-state index is 0.124. The lowest BCUT2D eigenvalue weighted by molar-refractivity contribution is 0.0952. The summed E-state index contributed by atoms with van der Waals surface area (Å²) in [6, 6.07) is 12.0. The number of thioether (sulfide) groups is 1. The van der Waals surface area contributed by atoms with Gasteiger partial charge >= 0.3 is 0 Å². The van der Waals surface area contributed by atoms with Crippen molar-refractivity contribution >= 4 is 17.7 Å². The molecular weight excluding hydrogens is 375 g/mol. The fourth-order valence-electron chi connectivity index (χ4n) is 2.84. The van der Waals surface area contributed by atoms with Crippen LogP contribution < -0.4 is 5.32 Å². The van der Waals surface area contributed by atoms with Crippen LogP contribution in [0.15, 0.2) is 59.8 Å². The summed E-state index contributed by atoms with van der Waals surface area (Å²) >= 11 is 1.64. The highest BCUT2D eigenvalue weighted by Gasteiger charge is 2.21. The third-order valence-corrected chi connectivity index (χ3v) is 5.25. The molecule has 5 nitrogen and oxygen atoms in total. The molecule has 1 amide bonds. The van der Waals surface area contributed by atoms with Crippen molar-refractivity contribution in [3.63, 3.8) is 0 Å². The molecular formula is C21H23FN4OS. The number of nitrogens with zero attached hydrogens (tertiary/aromatic N) is 3. The van der Waals surface area contributed by atoms with Crippen LogP contribution in [0.5, 0.6) is 0 Å². The second-order valence-corrected chi connectivity index (χ2v) is 7.78. The van der Waals surface area contributed by atoms with Crippen molar-refractivity contribution in [2.24, 2.45) is 0 Å². The highest BCUT2D eigenvalue weighted by atomic mass is 32.2. The van der Waals surface area contributed by atoms with Crippen LogP contribution in [0.1, 0.15) is 42.2 Å². The number of hydrogen-bond donors (Lipinski definition) is 1. The van der Waals surface area contributed by atoms with E-state index in [1.54, 1.807) is 41.0 Å². The number of nitrogens with one attached hydrogen (secondary N) is 1. The highest BCUT2D eigenvalue weighted by molar-refractivity contribution is 7.99. The van der Waals surface area contributed by atoms with E-state index in [0.717, 1.165) is 22.8 Å². The molecule has 146 valence electrons. The first kappa shape index (κ1) is 20.1. The lowest BCUT2D eigenvalue weighted by atomic mass is 10.1. The molecule has 28 heavy (non-hydrogen) atoms. The van der Waals surface area contributed by atoms with Gasteiger partial charge in [-0.3, -0.25) is 4.79 Å². The van der Waals surface area contributed by atoms with E-state index in [-0.39, 0.29) is 17.6 Å². The first-order valence-corrected chi connectivity index (χ1v) is 10.2. The van der Waals surface area contributed by atoms with Gasteiger partial charge in [-0.2, -0.15) is 5.10 Å². The van der Waals surface area contributed by atoms with E-state index in [0.29, 0.717) is 17.9 Å². The van der Waals surface area contributed by atoms with Gasteiger partial charge in [-0.05, 0) is 54.5 Å². The molecule has 2 aromatic heterocycles. The number of benzene rings is 1. The average molecular weight is 399 g/mol. The van der Waals surface area contributed by atoms with Crippen LogP contribution >= 0.6 is 11.8 Å². The topological polar surface area (TPSA) is 59.8 Å². The summed E-state index contributed by atoms with van der Waals surface area (Å²) in [5, 5.41) is 7.35. The number of halogens is 1. The highest BCUT2D eigenvalue weighted by Crippen LogP contribution is 2.22. The largest absolute Gasteiger partial charge is 0.352 e. The molecule has 0 aliphatic heterocycles. The van der Waals surface area contributed by atoms with E-state index < -0.39 is 0 Å². The van der Waals surface area contributed by atoms with Crippen LogP contribution in [0.4, 0.5) is 4.39 Å². The van der Waals surface area contributed by atoms with Gasteiger partial charge in [0.25, 0.3) is 5.91 Å². The molecule has 0 saturated carbocycles. The molecule has 0 spiro atoms. The first-order valence-electron chi connectivity index (χ1n) is 9.22. The Balaban J connectivity index is 1.57. The maximum atomic E-state index is 12.9. The summed E-state index contributed by atoms with van der Waals surface area (Å²) in [6.45, 7) is 4.64. The summed E-state index contributed by atoms with van der Waals surface area (Å²) in [4.78, 5) is 18.0. The average Bonchev–Trinajstić information content (AvgIpc) is 3.15. The van der Waals surface area contributed by atoms with Gasteiger partial charge in [0.1, 0.15) is 5.82 Å². The number of rotatable bonds is 8. The number of hydrogen-bond acceptors (Lipinski definition) is 4. The van der Waals surface area contributed by atoms with Crippen molar-refractivity contribution in [1.29, 1.82) is 0 Å². The fourth-order valence-corrected chi connectivity index (χ4v) is 3.69. The summed E-state index contributed by atoms with van der Waals surface area (Å²) in [5.74, 6) is 1.30. The van der Waals surface area contributed by atoms with Crippen LogP contribution in [-0.4, -0.2) is 33.0 Å². The number of amides is 1. The number of pyridine rings is 1. The van der Waals surface area contributed by atoms with Crippen LogP contribution in [-0.2, 0) is 0 Å². The fraction of sp³-hybridized carbons (Fsp3) is 0.286. The Labute approximate surface area is 168 Å². The van der Waals surface area contributed by atoms with Crippen molar-refractivity contribution < 1.29 is 9.18 Å². The third-order valence-electron chi connectivity index (χ3n) is 4.15. The van der Waals surface area contributed by atoms with Gasteiger partial charge in [0.2, 0.25) is 0 Å². The molecule has 3 rings (SSSR count). The Bertz CT molecular complexity index is 910. The van der Waals surface area contributed by atoms with Crippen molar-refractivity contribution in [3.05, 3.63) is 71.9 Å². The zero-order chi connectivity index (χ0) is 19.9. The second kappa shape index (κ2) is 9.50. The molecule has 0 aliphatic rings. The molecule has 7 heteroatoms. The third kappa shape index (κ3) is 4.98. The van der Waals surface area contributed by atoms with Crippen LogP contribution in [0.25, 0.3) is 5.82 Å². The Morgan fingerprint density at radius 2 is 2.00 bits per heavy atom. The van der Waals surface area contributed by atoms with Crippen molar-refractivity contribution in [2.45, 2.75) is 31.1 Å². The number of carbonyl (C=O) groups excluding carboxylic acids is 1. The van der Waals surface area contributed by atoms with E-state index in [1.807, 2.05) is 32.0 Å². The van der Waals surface area contributed by atoms with Crippen molar-refractivity contribution in [3.8, 4) is 5.82 Å². The Kier molecular flexibility index (Phi) is 6.81. The molecule has 0 fully saturated rings. The number of aromatic nitrogens is 3. The standard InChI is InChI=1S/C21H23FN4OS/c1-15(2)20-18(14-25-26(20)19-6-3-4-11-23-19)21(27)24-12-5-13-28-17-9-7-16(22)8-10-17/h3-4,6-11,14-15H,5,12-13H2,1-2H3,(H,24,27). The summed E-state index contributed by atoms with van der Waals surface area (Å²) in [5.41, 5.74) is 1.42. The van der Waals surface area contributed by atoms with Crippen LogP contribution in [0, 0.1) is 5.82 Å². The van der Waals surface area contributed by atoms with Gasteiger partial charge < -0.3 is 5.32 Å². The van der Waals surface area contributed by atoms with Gasteiger partial charge in [-0.1, -0.05) is 19.9 Å². The number of carbonyl (C=O) groups is 1. The van der Waals surface area contributed by atoms with Crippen molar-refractivity contribution in [2.75, 3.05) is 12.3 Å². The van der Waals surface area contributed by atoms with Gasteiger partial charge in [0, 0.05) is 17.6 Å². The van der Waals surface area contributed by atoms with E-state index in [9.17, 15) is 9.18 Å². The molecule has 3 aromatic rings. The van der Waals surface area contributed by atoms with Gasteiger partial charge in [-0.25, -0.2) is 14.1 Å². The summed E-state index contributed by atoms with van der Waals surface area (Å²) < 4.78 is 14.6. The minimum Gasteiger partial charge on any atom is -0.352 e. The first-order chi connectivity index (χ1) is 13.6. The summed E-state index contributed by atoms with van der Waals surface area (Å²) in [7, 11) is 0.